The number of ether oxygens (including phenoxy) is 1. The summed E-state index contributed by atoms with van der Waals surface area (Å²) in [6.07, 6.45) is 3.49. The van der Waals surface area contributed by atoms with Crippen LogP contribution in [0.3, 0.4) is 0 Å². The Labute approximate surface area is 156 Å². The highest BCUT2D eigenvalue weighted by Crippen LogP contribution is 2.27. The van der Waals surface area contributed by atoms with Gasteiger partial charge in [-0.2, -0.15) is 4.98 Å². The number of aryl methyl sites for hydroxylation is 1. The third-order valence-corrected chi connectivity index (χ3v) is 4.67. The van der Waals surface area contributed by atoms with Gasteiger partial charge in [0.05, 0.1) is 18.8 Å². The Bertz CT molecular complexity index is 1180. The van der Waals surface area contributed by atoms with Crippen molar-refractivity contribution in [1.82, 2.24) is 14.5 Å². The maximum absolute atomic E-state index is 12.4. The van der Waals surface area contributed by atoms with E-state index < -0.39 is 0 Å². The first-order chi connectivity index (χ1) is 13.2. The van der Waals surface area contributed by atoms with Gasteiger partial charge in [0, 0.05) is 23.7 Å². The molecule has 2 heterocycles. The molecule has 2 aromatic carbocycles. The van der Waals surface area contributed by atoms with Crippen LogP contribution in [0.1, 0.15) is 11.1 Å². The van der Waals surface area contributed by atoms with E-state index >= 15 is 0 Å². The smallest absolute Gasteiger partial charge is 0.315 e. The molecule has 0 spiro atoms. The lowest BCUT2D eigenvalue weighted by molar-refractivity contribution is 0.402. The fraction of sp³-hybridized carbons (Fsp3) is 0.136. The average molecular weight is 357 g/mol. The van der Waals surface area contributed by atoms with Gasteiger partial charge in [-0.05, 0) is 30.2 Å². The van der Waals surface area contributed by atoms with Crippen molar-refractivity contribution in [3.63, 3.8) is 0 Å². The summed E-state index contributed by atoms with van der Waals surface area (Å²) in [5, 5.41) is 0.954. The summed E-state index contributed by atoms with van der Waals surface area (Å²) in [6, 6.07) is 17.9. The minimum absolute atomic E-state index is 0.227. The Morgan fingerprint density at radius 2 is 1.89 bits per heavy atom. The van der Waals surface area contributed by atoms with Crippen LogP contribution in [0.4, 0.5) is 0 Å². The molecule has 134 valence electrons. The number of hydrogen-bond acceptors (Lipinski definition) is 4. The van der Waals surface area contributed by atoms with Crippen molar-refractivity contribution < 1.29 is 4.74 Å². The maximum Gasteiger partial charge on any atom is 0.315 e. The summed E-state index contributed by atoms with van der Waals surface area (Å²) < 4.78 is 7.19. The van der Waals surface area contributed by atoms with Crippen molar-refractivity contribution in [1.29, 1.82) is 0 Å². The van der Waals surface area contributed by atoms with Crippen LogP contribution < -0.4 is 10.3 Å². The van der Waals surface area contributed by atoms with E-state index in [1.54, 1.807) is 12.4 Å². The number of hydrogen-bond donors (Lipinski definition) is 0. The Kier molecular flexibility index (Phi) is 4.42. The third kappa shape index (κ3) is 3.19. The molecule has 0 saturated heterocycles. The second-order valence-electron chi connectivity index (χ2n) is 6.37. The first-order valence-corrected chi connectivity index (χ1v) is 8.71. The van der Waals surface area contributed by atoms with Gasteiger partial charge in [0.15, 0.2) is 0 Å². The summed E-state index contributed by atoms with van der Waals surface area (Å²) in [5.41, 5.74) is 3.69. The van der Waals surface area contributed by atoms with Gasteiger partial charge in [-0.3, -0.25) is 9.78 Å². The maximum atomic E-state index is 12.4. The predicted molar refractivity (Wildman–Crippen MR) is 106 cm³/mol. The fourth-order valence-electron chi connectivity index (χ4n) is 3.22. The molecule has 0 N–H and O–H groups in total. The molecule has 5 heteroatoms. The summed E-state index contributed by atoms with van der Waals surface area (Å²) in [6.45, 7) is 2.66. The number of pyridine rings is 1. The van der Waals surface area contributed by atoms with Gasteiger partial charge in [0.2, 0.25) is 5.75 Å². The molecule has 4 rings (SSSR count). The normalized spacial score (nSPS) is 10.9. The Morgan fingerprint density at radius 1 is 1.04 bits per heavy atom. The first kappa shape index (κ1) is 17.0. The topological polar surface area (TPSA) is 57.0 Å². The van der Waals surface area contributed by atoms with E-state index in [0.29, 0.717) is 12.4 Å². The standard InChI is InChI=1S/C22H19N3O2/c1-15-7-3-4-8-16(15)13-25-14-20(27-2)22(26)24-21(25)18-9-5-11-19-17(18)10-6-12-23-19/h3-12,14H,13H2,1-2H3. The molecular weight excluding hydrogens is 338 g/mol. The summed E-state index contributed by atoms with van der Waals surface area (Å²) >= 11 is 0. The third-order valence-electron chi connectivity index (χ3n) is 4.67. The van der Waals surface area contributed by atoms with Crippen molar-refractivity contribution in [3.8, 4) is 17.1 Å². The van der Waals surface area contributed by atoms with Crippen molar-refractivity contribution in [2.24, 2.45) is 0 Å². The lowest BCUT2D eigenvalue weighted by Gasteiger charge is -2.16. The molecule has 0 radical (unpaired) electrons. The highest BCUT2D eigenvalue weighted by molar-refractivity contribution is 5.92. The number of methoxy groups -OCH3 is 1. The van der Waals surface area contributed by atoms with Crippen LogP contribution in [-0.4, -0.2) is 21.6 Å². The van der Waals surface area contributed by atoms with Gasteiger partial charge < -0.3 is 9.30 Å². The van der Waals surface area contributed by atoms with E-state index in [1.165, 1.54) is 12.7 Å². The van der Waals surface area contributed by atoms with Crippen LogP contribution >= 0.6 is 0 Å². The van der Waals surface area contributed by atoms with Crippen LogP contribution in [0.5, 0.6) is 5.75 Å². The zero-order valence-corrected chi connectivity index (χ0v) is 15.2. The molecule has 0 atom stereocenters. The molecule has 0 amide bonds. The molecule has 4 aromatic rings. The molecule has 27 heavy (non-hydrogen) atoms. The number of aromatic nitrogens is 3. The van der Waals surface area contributed by atoms with Crippen LogP contribution in [0, 0.1) is 6.92 Å². The monoisotopic (exact) mass is 357 g/mol. The summed E-state index contributed by atoms with van der Waals surface area (Å²) in [4.78, 5) is 21.1. The van der Waals surface area contributed by atoms with E-state index in [1.807, 2.05) is 47.0 Å². The van der Waals surface area contributed by atoms with Crippen LogP contribution in [0.2, 0.25) is 0 Å². The molecule has 0 saturated carbocycles. The van der Waals surface area contributed by atoms with Gasteiger partial charge in [0.1, 0.15) is 5.82 Å². The number of nitrogens with zero attached hydrogens (tertiary/aromatic N) is 3. The van der Waals surface area contributed by atoms with Gasteiger partial charge in [-0.1, -0.05) is 42.5 Å². The quantitative estimate of drug-likeness (QED) is 0.557. The molecule has 0 aliphatic heterocycles. The molecule has 0 aliphatic carbocycles. The van der Waals surface area contributed by atoms with Crippen molar-refractivity contribution >= 4 is 10.9 Å². The summed E-state index contributed by atoms with van der Waals surface area (Å²) in [7, 11) is 1.48. The second kappa shape index (κ2) is 7.03. The summed E-state index contributed by atoms with van der Waals surface area (Å²) in [5.74, 6) is 0.827. The first-order valence-electron chi connectivity index (χ1n) is 8.71. The van der Waals surface area contributed by atoms with E-state index in [2.05, 4.69) is 29.0 Å². The van der Waals surface area contributed by atoms with Crippen molar-refractivity contribution in [2.45, 2.75) is 13.5 Å². The molecule has 0 fully saturated rings. The molecule has 0 aliphatic rings. The Morgan fingerprint density at radius 3 is 2.70 bits per heavy atom. The minimum atomic E-state index is -0.380. The fourth-order valence-corrected chi connectivity index (χ4v) is 3.22. The highest BCUT2D eigenvalue weighted by atomic mass is 16.5. The van der Waals surface area contributed by atoms with Crippen LogP contribution in [-0.2, 0) is 6.54 Å². The molecule has 0 unspecified atom stereocenters. The van der Waals surface area contributed by atoms with Crippen molar-refractivity contribution in [3.05, 3.63) is 88.5 Å². The van der Waals surface area contributed by atoms with Gasteiger partial charge in [-0.25, -0.2) is 0 Å². The number of rotatable bonds is 4. The van der Waals surface area contributed by atoms with Gasteiger partial charge >= 0.3 is 5.56 Å². The lowest BCUT2D eigenvalue weighted by Crippen LogP contribution is -2.18. The average Bonchev–Trinajstić information content (AvgIpc) is 2.70. The Hall–Kier alpha value is -3.47. The zero-order valence-electron chi connectivity index (χ0n) is 15.2. The molecule has 0 bridgehead atoms. The SMILES string of the molecule is COc1cn(Cc2ccccc2C)c(-c2cccc3ncccc23)nc1=O. The second-order valence-corrected chi connectivity index (χ2v) is 6.37. The lowest BCUT2D eigenvalue weighted by atomic mass is 10.1. The van der Waals surface area contributed by atoms with Gasteiger partial charge in [-0.15, -0.1) is 0 Å². The number of fused-ring (bicyclic) bond motifs is 1. The van der Waals surface area contributed by atoms with Crippen molar-refractivity contribution in [2.75, 3.05) is 7.11 Å². The zero-order chi connectivity index (χ0) is 18.8. The molecule has 5 nitrogen and oxygen atoms in total. The van der Waals surface area contributed by atoms with Gasteiger partial charge in [0.25, 0.3) is 0 Å². The largest absolute Gasteiger partial charge is 0.490 e. The Balaban J connectivity index is 1.95. The van der Waals surface area contributed by atoms with Crippen LogP contribution in [0.15, 0.2) is 71.8 Å². The molecule has 2 aromatic heterocycles. The van der Waals surface area contributed by atoms with E-state index in [-0.39, 0.29) is 11.3 Å². The van der Waals surface area contributed by atoms with E-state index in [0.717, 1.165) is 22.0 Å². The van der Waals surface area contributed by atoms with E-state index in [9.17, 15) is 4.79 Å². The highest BCUT2D eigenvalue weighted by Gasteiger charge is 2.14. The predicted octanol–water partition coefficient (Wildman–Crippen LogP) is 3.82. The minimum Gasteiger partial charge on any atom is -0.490 e. The number of benzene rings is 2. The van der Waals surface area contributed by atoms with E-state index in [4.69, 9.17) is 4.74 Å². The molecular formula is C22H19N3O2. The van der Waals surface area contributed by atoms with Crippen LogP contribution in [0.25, 0.3) is 22.3 Å².